The van der Waals surface area contributed by atoms with Gasteiger partial charge < -0.3 is 23.7 Å². The highest BCUT2D eigenvalue weighted by atomic mass is 16.7. The third-order valence-corrected chi connectivity index (χ3v) is 6.59. The summed E-state index contributed by atoms with van der Waals surface area (Å²) < 4.78 is 29.4. The fourth-order valence-electron chi connectivity index (χ4n) is 4.72. The van der Waals surface area contributed by atoms with Gasteiger partial charge in [-0.15, -0.1) is 0 Å². The predicted octanol–water partition coefficient (Wildman–Crippen LogP) is 3.71. The van der Waals surface area contributed by atoms with Crippen LogP contribution in [0.2, 0.25) is 0 Å². The van der Waals surface area contributed by atoms with E-state index in [-0.39, 0.29) is 43.3 Å². The van der Waals surface area contributed by atoms with Gasteiger partial charge in [-0.3, -0.25) is 4.79 Å². The van der Waals surface area contributed by atoms with Gasteiger partial charge in [0.15, 0.2) is 6.10 Å². The van der Waals surface area contributed by atoms with Gasteiger partial charge in [0.1, 0.15) is 25.1 Å². The van der Waals surface area contributed by atoms with Crippen molar-refractivity contribution >= 4 is 5.97 Å². The van der Waals surface area contributed by atoms with E-state index in [9.17, 15) is 4.79 Å². The smallest absolute Gasteiger partial charge is 0.311 e. The van der Waals surface area contributed by atoms with E-state index >= 15 is 0 Å². The SMILES string of the molecule is CCC(C)(C)C(=O)OC1COC2C(OCOC3CC(C)CC(C)(C)C3)COC12. The Bertz CT molecular complexity index is 545. The molecule has 0 spiro atoms. The molecule has 0 bridgehead atoms. The van der Waals surface area contributed by atoms with Gasteiger partial charge in [-0.2, -0.15) is 0 Å². The quantitative estimate of drug-likeness (QED) is 0.481. The molecule has 2 saturated heterocycles. The number of hydrogen-bond acceptors (Lipinski definition) is 6. The minimum atomic E-state index is -0.495. The van der Waals surface area contributed by atoms with E-state index in [2.05, 4.69) is 20.8 Å². The Morgan fingerprint density at radius 3 is 2.36 bits per heavy atom. The van der Waals surface area contributed by atoms with E-state index in [4.69, 9.17) is 23.7 Å². The zero-order chi connectivity index (χ0) is 20.5. The third kappa shape index (κ3) is 5.07. The lowest BCUT2D eigenvalue weighted by Gasteiger charge is -2.38. The zero-order valence-electron chi connectivity index (χ0n) is 18.4. The van der Waals surface area contributed by atoms with Crippen LogP contribution in [0.5, 0.6) is 0 Å². The second-order valence-corrected chi connectivity index (χ2v) is 10.3. The summed E-state index contributed by atoms with van der Waals surface area (Å²) in [7, 11) is 0. The van der Waals surface area contributed by atoms with Gasteiger partial charge in [0.25, 0.3) is 0 Å². The molecular weight excluding hydrogens is 360 g/mol. The van der Waals surface area contributed by atoms with Crippen molar-refractivity contribution in [1.82, 2.24) is 0 Å². The molecule has 0 amide bonds. The summed E-state index contributed by atoms with van der Waals surface area (Å²) in [6.45, 7) is 13.7. The maximum atomic E-state index is 12.4. The Balaban J connectivity index is 1.44. The highest BCUT2D eigenvalue weighted by molar-refractivity contribution is 5.76. The largest absolute Gasteiger partial charge is 0.457 e. The van der Waals surface area contributed by atoms with Crippen LogP contribution >= 0.6 is 0 Å². The zero-order valence-corrected chi connectivity index (χ0v) is 18.4. The van der Waals surface area contributed by atoms with Gasteiger partial charge in [0.2, 0.25) is 0 Å². The summed E-state index contributed by atoms with van der Waals surface area (Å²) in [6.07, 6.45) is 3.37. The molecule has 3 fully saturated rings. The molecule has 6 nitrogen and oxygen atoms in total. The topological polar surface area (TPSA) is 63.2 Å². The molecule has 162 valence electrons. The molecule has 28 heavy (non-hydrogen) atoms. The normalized spacial score (nSPS) is 37.6. The van der Waals surface area contributed by atoms with E-state index in [1.54, 1.807) is 0 Å². The lowest BCUT2D eigenvalue weighted by atomic mass is 9.71. The van der Waals surface area contributed by atoms with Crippen molar-refractivity contribution in [2.45, 2.75) is 97.7 Å². The maximum Gasteiger partial charge on any atom is 0.311 e. The Morgan fingerprint density at radius 1 is 1.07 bits per heavy atom. The van der Waals surface area contributed by atoms with Gasteiger partial charge in [0, 0.05) is 0 Å². The van der Waals surface area contributed by atoms with Crippen molar-refractivity contribution in [3.8, 4) is 0 Å². The highest BCUT2D eigenvalue weighted by Crippen LogP contribution is 2.40. The van der Waals surface area contributed by atoms with Crippen molar-refractivity contribution in [2.75, 3.05) is 20.0 Å². The molecule has 0 aromatic heterocycles. The first-order valence-electron chi connectivity index (χ1n) is 10.8. The first-order valence-corrected chi connectivity index (χ1v) is 10.8. The Labute approximate surface area is 169 Å². The average Bonchev–Trinajstić information content (AvgIpc) is 3.16. The summed E-state index contributed by atoms with van der Waals surface area (Å²) in [5, 5.41) is 0. The van der Waals surface area contributed by atoms with Crippen molar-refractivity contribution in [3.05, 3.63) is 0 Å². The number of fused-ring (bicyclic) bond motifs is 1. The summed E-state index contributed by atoms with van der Waals surface area (Å²) in [5.41, 5.74) is -0.173. The second kappa shape index (κ2) is 8.58. The molecule has 6 unspecified atom stereocenters. The van der Waals surface area contributed by atoms with Crippen molar-refractivity contribution < 1.29 is 28.5 Å². The number of ether oxygens (including phenoxy) is 5. The molecule has 2 aliphatic heterocycles. The number of carbonyl (C=O) groups is 1. The van der Waals surface area contributed by atoms with E-state index in [0.717, 1.165) is 19.3 Å². The summed E-state index contributed by atoms with van der Waals surface area (Å²) in [5.74, 6) is 0.475. The minimum absolute atomic E-state index is 0.179. The van der Waals surface area contributed by atoms with Crippen LogP contribution in [0.3, 0.4) is 0 Å². The molecule has 3 rings (SSSR count). The molecule has 0 radical (unpaired) electrons. The molecule has 0 aromatic carbocycles. The maximum absolute atomic E-state index is 12.4. The van der Waals surface area contributed by atoms with Crippen molar-refractivity contribution in [3.63, 3.8) is 0 Å². The third-order valence-electron chi connectivity index (χ3n) is 6.59. The van der Waals surface area contributed by atoms with Gasteiger partial charge >= 0.3 is 5.97 Å². The minimum Gasteiger partial charge on any atom is -0.457 e. The summed E-state index contributed by atoms with van der Waals surface area (Å²) >= 11 is 0. The molecule has 0 N–H and O–H groups in total. The van der Waals surface area contributed by atoms with Crippen molar-refractivity contribution in [2.24, 2.45) is 16.7 Å². The van der Waals surface area contributed by atoms with Crippen LogP contribution in [0.25, 0.3) is 0 Å². The van der Waals surface area contributed by atoms with Crippen LogP contribution in [0.1, 0.15) is 67.2 Å². The molecular formula is C22H38O6. The fraction of sp³-hybridized carbons (Fsp3) is 0.955. The molecule has 1 aliphatic carbocycles. The molecule has 3 aliphatic rings. The first kappa shape index (κ1) is 22.0. The predicted molar refractivity (Wildman–Crippen MR) is 105 cm³/mol. The summed E-state index contributed by atoms with van der Waals surface area (Å²) in [6, 6.07) is 0. The average molecular weight is 399 g/mol. The van der Waals surface area contributed by atoms with Crippen LogP contribution in [0.15, 0.2) is 0 Å². The van der Waals surface area contributed by atoms with Gasteiger partial charge in [-0.25, -0.2) is 0 Å². The number of esters is 1. The Hall–Kier alpha value is -0.690. The molecule has 6 atom stereocenters. The molecule has 1 saturated carbocycles. The standard InChI is InChI=1S/C22H38O6/c1-7-22(5,6)20(23)28-17-12-25-18-16(11-24-19(17)18)27-13-26-15-8-14(2)9-21(3,4)10-15/h14-19H,7-13H2,1-6H3. The van der Waals surface area contributed by atoms with Gasteiger partial charge in [0.05, 0.1) is 24.7 Å². The van der Waals surface area contributed by atoms with Crippen LogP contribution in [0.4, 0.5) is 0 Å². The number of carbonyl (C=O) groups excluding carboxylic acids is 1. The van der Waals surface area contributed by atoms with Crippen LogP contribution in [0, 0.1) is 16.7 Å². The number of hydrogen-bond donors (Lipinski definition) is 0. The van der Waals surface area contributed by atoms with Crippen LogP contribution in [-0.2, 0) is 28.5 Å². The Morgan fingerprint density at radius 2 is 1.71 bits per heavy atom. The lowest BCUT2D eigenvalue weighted by Crippen LogP contribution is -2.38. The summed E-state index contributed by atoms with van der Waals surface area (Å²) in [4.78, 5) is 12.4. The fourth-order valence-corrected chi connectivity index (χ4v) is 4.72. The van der Waals surface area contributed by atoms with Crippen molar-refractivity contribution in [1.29, 1.82) is 0 Å². The van der Waals surface area contributed by atoms with Crippen LogP contribution < -0.4 is 0 Å². The second-order valence-electron chi connectivity index (χ2n) is 10.3. The van der Waals surface area contributed by atoms with Gasteiger partial charge in [-0.05, 0) is 50.9 Å². The molecule has 6 heteroatoms. The Kier molecular flexibility index (Phi) is 6.75. The van der Waals surface area contributed by atoms with E-state index in [0.29, 0.717) is 24.5 Å². The van der Waals surface area contributed by atoms with E-state index in [1.807, 2.05) is 20.8 Å². The highest BCUT2D eigenvalue weighted by Gasteiger charge is 2.50. The molecule has 2 heterocycles. The first-order chi connectivity index (χ1) is 13.1. The monoisotopic (exact) mass is 398 g/mol. The van der Waals surface area contributed by atoms with Gasteiger partial charge in [-0.1, -0.05) is 27.7 Å². The van der Waals surface area contributed by atoms with Crippen LogP contribution in [-0.4, -0.2) is 56.5 Å². The van der Waals surface area contributed by atoms with E-state index in [1.165, 1.54) is 6.42 Å². The molecule has 0 aromatic rings. The number of rotatable bonds is 7. The van der Waals surface area contributed by atoms with E-state index < -0.39 is 5.41 Å². The lowest BCUT2D eigenvalue weighted by molar-refractivity contribution is -0.165.